The largest absolute Gasteiger partial charge is 0.384 e. The molecule has 0 atom stereocenters. The van der Waals surface area contributed by atoms with Crippen molar-refractivity contribution in [3.05, 3.63) is 81.7 Å². The topological polar surface area (TPSA) is 82.3 Å². The highest BCUT2D eigenvalue weighted by atomic mass is 35.5. The smallest absolute Gasteiger partial charge is 0.254 e. The molecular weight excluding hydrogens is 442 g/mol. The number of nitrogens with zero attached hydrogens (tertiary/aromatic N) is 2. The Morgan fingerprint density at radius 3 is 2.94 bits per heavy atom. The van der Waals surface area contributed by atoms with Crippen LogP contribution in [0.1, 0.15) is 35.6 Å². The van der Waals surface area contributed by atoms with Gasteiger partial charge in [-0.05, 0) is 64.9 Å². The Bertz CT molecular complexity index is 1350. The third kappa shape index (κ3) is 4.40. The van der Waals surface area contributed by atoms with Crippen LogP contribution in [0, 0.1) is 5.41 Å². The van der Waals surface area contributed by atoms with Gasteiger partial charge in [0.2, 0.25) is 0 Å². The molecule has 1 saturated carbocycles. The van der Waals surface area contributed by atoms with Gasteiger partial charge in [-0.25, -0.2) is 4.98 Å². The molecule has 0 aliphatic heterocycles. The van der Waals surface area contributed by atoms with Crippen molar-refractivity contribution in [1.82, 2.24) is 20.0 Å². The van der Waals surface area contributed by atoms with Crippen molar-refractivity contribution in [1.29, 1.82) is 5.41 Å². The molecule has 1 amide bonds. The Morgan fingerprint density at radius 2 is 2.12 bits per heavy atom. The predicted molar refractivity (Wildman–Crippen MR) is 130 cm³/mol. The molecule has 4 aromatic rings. The molecule has 32 heavy (non-hydrogen) atoms. The van der Waals surface area contributed by atoms with Gasteiger partial charge in [0.05, 0.1) is 17.8 Å². The summed E-state index contributed by atoms with van der Waals surface area (Å²) in [5.74, 6) is 0.391. The van der Waals surface area contributed by atoms with E-state index in [9.17, 15) is 4.79 Å². The molecule has 0 radical (unpaired) electrons. The first kappa shape index (κ1) is 20.7. The predicted octanol–water partition coefficient (Wildman–Crippen LogP) is 5.02. The second-order valence-corrected chi connectivity index (χ2v) is 9.29. The van der Waals surface area contributed by atoms with Crippen LogP contribution in [-0.2, 0) is 17.9 Å². The maximum absolute atomic E-state index is 12.5. The van der Waals surface area contributed by atoms with Crippen molar-refractivity contribution in [2.45, 2.75) is 31.8 Å². The summed E-state index contributed by atoms with van der Waals surface area (Å²) in [6, 6.07) is 9.95. The molecule has 1 aromatic carbocycles. The van der Waals surface area contributed by atoms with Gasteiger partial charge in [-0.15, -0.1) is 11.3 Å². The van der Waals surface area contributed by atoms with E-state index in [1.165, 1.54) is 18.4 Å². The van der Waals surface area contributed by atoms with Crippen molar-refractivity contribution >= 4 is 50.8 Å². The van der Waals surface area contributed by atoms with Crippen molar-refractivity contribution in [2.24, 2.45) is 0 Å². The number of carbonyl (C=O) groups excluding carboxylic acids is 1. The number of amides is 1. The van der Waals surface area contributed by atoms with E-state index >= 15 is 0 Å². The summed E-state index contributed by atoms with van der Waals surface area (Å²) in [7, 11) is 0. The molecule has 8 heteroatoms. The van der Waals surface area contributed by atoms with Crippen molar-refractivity contribution in [2.75, 3.05) is 0 Å². The molecule has 3 heterocycles. The van der Waals surface area contributed by atoms with Gasteiger partial charge in [-0.3, -0.25) is 4.79 Å². The van der Waals surface area contributed by atoms with Crippen molar-refractivity contribution in [3.8, 4) is 0 Å². The van der Waals surface area contributed by atoms with Crippen LogP contribution in [0.5, 0.6) is 0 Å². The average Bonchev–Trinajstić information content (AvgIpc) is 3.45. The third-order valence-corrected chi connectivity index (χ3v) is 6.83. The fourth-order valence-corrected chi connectivity index (χ4v) is 4.83. The number of pyridine rings is 1. The highest BCUT2D eigenvalue weighted by Crippen LogP contribution is 2.39. The summed E-state index contributed by atoms with van der Waals surface area (Å²) in [6.07, 6.45) is 9.30. The SMILES string of the molecule is N=C/C(=C\NCc1cn2cc(C3CC3)ccc2n1)C(=O)NCc1csc2ccc(Cl)cc12. The Labute approximate surface area is 194 Å². The molecule has 1 aliphatic rings. The van der Waals surface area contributed by atoms with E-state index in [-0.39, 0.29) is 11.5 Å². The monoisotopic (exact) mass is 463 g/mol. The van der Waals surface area contributed by atoms with E-state index in [2.05, 4.69) is 32.3 Å². The van der Waals surface area contributed by atoms with Crippen molar-refractivity contribution < 1.29 is 4.79 Å². The number of imidazole rings is 1. The van der Waals surface area contributed by atoms with E-state index in [4.69, 9.17) is 17.0 Å². The maximum atomic E-state index is 12.5. The van der Waals surface area contributed by atoms with Gasteiger partial charge in [0.15, 0.2) is 0 Å². The van der Waals surface area contributed by atoms with E-state index in [1.54, 1.807) is 17.5 Å². The number of fused-ring (bicyclic) bond motifs is 2. The lowest BCUT2D eigenvalue weighted by atomic mass is 10.1. The number of hydrogen-bond donors (Lipinski definition) is 3. The summed E-state index contributed by atoms with van der Waals surface area (Å²) in [4.78, 5) is 17.2. The lowest BCUT2D eigenvalue weighted by Gasteiger charge is -2.06. The molecule has 3 aromatic heterocycles. The molecular formula is C24H22ClN5OS. The molecule has 0 unspecified atom stereocenters. The number of thiophene rings is 1. The fraction of sp³-hybridized carbons (Fsp3) is 0.208. The lowest BCUT2D eigenvalue weighted by Crippen LogP contribution is -2.26. The van der Waals surface area contributed by atoms with Gasteiger partial charge in [0.1, 0.15) is 5.65 Å². The summed E-state index contributed by atoms with van der Waals surface area (Å²) in [6.45, 7) is 0.846. The highest BCUT2D eigenvalue weighted by molar-refractivity contribution is 7.17. The minimum atomic E-state index is -0.307. The molecule has 1 fully saturated rings. The van der Waals surface area contributed by atoms with Crippen LogP contribution in [0.2, 0.25) is 5.02 Å². The molecule has 162 valence electrons. The lowest BCUT2D eigenvalue weighted by molar-refractivity contribution is -0.117. The van der Waals surface area contributed by atoms with Crippen LogP contribution in [0.25, 0.3) is 15.7 Å². The minimum Gasteiger partial charge on any atom is -0.384 e. The van der Waals surface area contributed by atoms with Gasteiger partial charge < -0.3 is 20.4 Å². The minimum absolute atomic E-state index is 0.252. The zero-order chi connectivity index (χ0) is 22.1. The number of nitrogens with one attached hydrogen (secondary N) is 3. The molecule has 6 nitrogen and oxygen atoms in total. The van der Waals surface area contributed by atoms with Crippen LogP contribution in [0.4, 0.5) is 0 Å². The van der Waals surface area contributed by atoms with Crippen LogP contribution in [0.15, 0.2) is 59.9 Å². The maximum Gasteiger partial charge on any atom is 0.254 e. The Kier molecular flexibility index (Phi) is 5.68. The number of benzene rings is 1. The van der Waals surface area contributed by atoms with Gasteiger partial charge in [-0.1, -0.05) is 17.7 Å². The van der Waals surface area contributed by atoms with E-state index < -0.39 is 0 Å². The number of hydrogen-bond acceptors (Lipinski definition) is 5. The summed E-state index contributed by atoms with van der Waals surface area (Å²) < 4.78 is 3.18. The Hall–Kier alpha value is -3.16. The van der Waals surface area contributed by atoms with Gasteiger partial charge in [0, 0.05) is 41.1 Å². The van der Waals surface area contributed by atoms with E-state index in [1.807, 2.05) is 35.8 Å². The standard InChI is InChI=1S/C24H22ClN5OS/c25-19-4-5-22-21(7-19)18(14-32-22)10-28-24(31)17(8-26)9-27-11-20-13-30-12-16(15-1-2-15)3-6-23(30)29-20/h3-9,12-15,26-27H,1-2,10-11H2,(H,28,31)/b17-9+,26-8?. The zero-order valence-corrected chi connectivity index (χ0v) is 18.8. The van der Waals surface area contributed by atoms with Crippen LogP contribution in [-0.4, -0.2) is 21.5 Å². The highest BCUT2D eigenvalue weighted by Gasteiger charge is 2.23. The van der Waals surface area contributed by atoms with E-state index in [0.29, 0.717) is 24.0 Å². The number of carbonyl (C=O) groups is 1. The summed E-state index contributed by atoms with van der Waals surface area (Å²) in [5, 5.41) is 17.3. The summed E-state index contributed by atoms with van der Waals surface area (Å²) >= 11 is 7.72. The molecule has 0 saturated heterocycles. The number of aromatic nitrogens is 2. The molecule has 0 spiro atoms. The van der Waals surface area contributed by atoms with E-state index in [0.717, 1.165) is 33.2 Å². The second-order valence-electron chi connectivity index (χ2n) is 7.94. The molecule has 0 bridgehead atoms. The number of rotatable bonds is 8. The average molecular weight is 464 g/mol. The third-order valence-electron chi connectivity index (χ3n) is 5.59. The normalized spacial score (nSPS) is 14.1. The Morgan fingerprint density at radius 1 is 1.25 bits per heavy atom. The second kappa shape index (κ2) is 8.76. The van der Waals surface area contributed by atoms with Gasteiger partial charge >= 0.3 is 0 Å². The van der Waals surface area contributed by atoms with Crippen LogP contribution < -0.4 is 10.6 Å². The van der Waals surface area contributed by atoms with Crippen molar-refractivity contribution in [3.63, 3.8) is 0 Å². The zero-order valence-electron chi connectivity index (χ0n) is 17.3. The first-order chi connectivity index (χ1) is 15.6. The first-order valence-corrected chi connectivity index (χ1v) is 11.7. The van der Waals surface area contributed by atoms with Gasteiger partial charge in [0.25, 0.3) is 5.91 Å². The number of halogens is 1. The quantitative estimate of drug-likeness (QED) is 0.253. The molecule has 1 aliphatic carbocycles. The Balaban J connectivity index is 1.20. The molecule has 5 rings (SSSR count). The van der Waals surface area contributed by atoms with Crippen LogP contribution in [0.3, 0.4) is 0 Å². The van der Waals surface area contributed by atoms with Crippen LogP contribution >= 0.6 is 22.9 Å². The fourth-order valence-electron chi connectivity index (χ4n) is 3.71. The first-order valence-electron chi connectivity index (χ1n) is 10.5. The summed E-state index contributed by atoms with van der Waals surface area (Å²) in [5.41, 5.74) is 4.40. The van der Waals surface area contributed by atoms with Gasteiger partial charge in [-0.2, -0.15) is 0 Å². The molecule has 3 N–H and O–H groups in total.